The van der Waals surface area contributed by atoms with E-state index in [1.807, 2.05) is 63.2 Å². The molecule has 28 heavy (non-hydrogen) atoms. The van der Waals surface area contributed by atoms with Gasteiger partial charge in [0.15, 0.2) is 0 Å². The molecule has 3 rings (SSSR count). The van der Waals surface area contributed by atoms with Gasteiger partial charge in [0.2, 0.25) is 17.6 Å². The van der Waals surface area contributed by atoms with Gasteiger partial charge in [0, 0.05) is 11.3 Å². The van der Waals surface area contributed by atoms with E-state index < -0.39 is 0 Å². The Balaban J connectivity index is 1.51. The molecule has 0 radical (unpaired) electrons. The maximum absolute atomic E-state index is 12.1. The molecular formula is C20H22N6O2. The smallest absolute Gasteiger partial charge is 0.244 e. The molecule has 0 aliphatic carbocycles. The number of nitrogens with zero attached hydrogens (tertiary/aromatic N) is 4. The predicted octanol–water partition coefficient (Wildman–Crippen LogP) is 2.02. The molecule has 0 bridgehead atoms. The van der Waals surface area contributed by atoms with E-state index in [2.05, 4.69) is 26.0 Å². The van der Waals surface area contributed by atoms with Crippen LogP contribution in [0.25, 0.3) is 11.4 Å². The second-order valence-corrected chi connectivity index (χ2v) is 6.58. The number of anilines is 1. The van der Waals surface area contributed by atoms with Crippen molar-refractivity contribution in [2.75, 3.05) is 11.9 Å². The summed E-state index contributed by atoms with van der Waals surface area (Å²) in [6.45, 7) is 5.66. The molecular weight excluding hydrogens is 356 g/mol. The van der Waals surface area contributed by atoms with Gasteiger partial charge < -0.3 is 10.6 Å². The Kier molecular flexibility index (Phi) is 5.78. The highest BCUT2D eigenvalue weighted by atomic mass is 16.2. The molecule has 8 heteroatoms. The van der Waals surface area contributed by atoms with Crippen LogP contribution in [-0.2, 0) is 16.1 Å². The van der Waals surface area contributed by atoms with Crippen LogP contribution in [0, 0.1) is 20.8 Å². The number of carbonyl (C=O) groups excluding carboxylic acids is 2. The minimum atomic E-state index is -0.371. The number of hydrogen-bond donors (Lipinski definition) is 2. The summed E-state index contributed by atoms with van der Waals surface area (Å²) in [5.41, 5.74) is 4.78. The number of aromatic nitrogens is 4. The summed E-state index contributed by atoms with van der Waals surface area (Å²) in [7, 11) is 0. The number of carbonyl (C=O) groups is 2. The Morgan fingerprint density at radius 2 is 1.75 bits per heavy atom. The van der Waals surface area contributed by atoms with Gasteiger partial charge in [-0.1, -0.05) is 42.0 Å². The zero-order chi connectivity index (χ0) is 20.1. The highest BCUT2D eigenvalue weighted by Crippen LogP contribution is 2.17. The molecule has 2 N–H and O–H groups in total. The fourth-order valence-electron chi connectivity index (χ4n) is 2.57. The maximum Gasteiger partial charge on any atom is 0.244 e. The van der Waals surface area contributed by atoms with E-state index in [9.17, 15) is 9.59 Å². The van der Waals surface area contributed by atoms with Gasteiger partial charge in [-0.05, 0) is 43.2 Å². The lowest BCUT2D eigenvalue weighted by molar-refractivity contribution is -0.124. The molecule has 1 heterocycles. The first-order valence-electron chi connectivity index (χ1n) is 8.90. The van der Waals surface area contributed by atoms with Crippen molar-refractivity contribution in [1.82, 2.24) is 25.5 Å². The zero-order valence-electron chi connectivity index (χ0n) is 16.1. The minimum absolute atomic E-state index is 0.115. The van der Waals surface area contributed by atoms with Gasteiger partial charge in [0.1, 0.15) is 6.54 Å². The van der Waals surface area contributed by atoms with E-state index in [1.54, 1.807) is 0 Å². The van der Waals surface area contributed by atoms with Crippen molar-refractivity contribution >= 4 is 17.5 Å². The molecule has 0 unspecified atom stereocenters. The van der Waals surface area contributed by atoms with E-state index in [0.717, 1.165) is 27.9 Å². The zero-order valence-corrected chi connectivity index (χ0v) is 16.1. The van der Waals surface area contributed by atoms with Gasteiger partial charge >= 0.3 is 0 Å². The monoisotopic (exact) mass is 378 g/mol. The molecule has 8 nitrogen and oxygen atoms in total. The highest BCUT2D eigenvalue weighted by molar-refractivity contribution is 5.95. The molecule has 0 saturated heterocycles. The average molecular weight is 378 g/mol. The van der Waals surface area contributed by atoms with Crippen molar-refractivity contribution in [3.05, 3.63) is 59.2 Å². The van der Waals surface area contributed by atoms with Crippen LogP contribution in [0.15, 0.2) is 42.5 Å². The van der Waals surface area contributed by atoms with Gasteiger partial charge in [-0.3, -0.25) is 9.59 Å². The van der Waals surface area contributed by atoms with Crippen LogP contribution in [0.4, 0.5) is 5.69 Å². The topological polar surface area (TPSA) is 102 Å². The lowest BCUT2D eigenvalue weighted by Gasteiger charge is -2.10. The Labute approximate surface area is 163 Å². The molecule has 0 aliphatic heterocycles. The highest BCUT2D eigenvalue weighted by Gasteiger charge is 2.11. The van der Waals surface area contributed by atoms with Crippen LogP contribution in [0.3, 0.4) is 0 Å². The normalized spacial score (nSPS) is 10.5. The first kappa shape index (κ1) is 19.2. The van der Waals surface area contributed by atoms with Gasteiger partial charge in [-0.15, -0.1) is 10.2 Å². The van der Waals surface area contributed by atoms with Gasteiger partial charge in [-0.25, -0.2) is 0 Å². The van der Waals surface area contributed by atoms with Crippen molar-refractivity contribution in [3.63, 3.8) is 0 Å². The number of aryl methyl sites for hydroxylation is 2. The summed E-state index contributed by atoms with van der Waals surface area (Å²) in [5, 5.41) is 17.4. The number of hydrogen-bond acceptors (Lipinski definition) is 5. The van der Waals surface area contributed by atoms with Crippen molar-refractivity contribution in [2.45, 2.75) is 27.3 Å². The standard InChI is InChI=1S/C20H22N6O2/c1-13-7-9-16(10-8-13)20-23-25-26(24-20)12-19(28)21-11-18(27)22-17-6-4-5-14(2)15(17)3/h4-10H,11-12H2,1-3H3,(H,21,28)(H,22,27). The third kappa shape index (κ3) is 4.79. The Bertz CT molecular complexity index is 994. The van der Waals surface area contributed by atoms with Crippen LogP contribution < -0.4 is 10.6 Å². The maximum atomic E-state index is 12.1. The van der Waals surface area contributed by atoms with E-state index in [1.165, 1.54) is 4.80 Å². The van der Waals surface area contributed by atoms with E-state index in [-0.39, 0.29) is 24.9 Å². The van der Waals surface area contributed by atoms with Gasteiger partial charge in [0.25, 0.3) is 0 Å². The van der Waals surface area contributed by atoms with Crippen molar-refractivity contribution in [2.24, 2.45) is 0 Å². The van der Waals surface area contributed by atoms with Crippen LogP contribution in [0.2, 0.25) is 0 Å². The molecule has 1 aromatic heterocycles. The molecule has 0 spiro atoms. The molecule has 0 atom stereocenters. The third-order valence-corrected chi connectivity index (χ3v) is 4.37. The summed E-state index contributed by atoms with van der Waals surface area (Å²) < 4.78 is 0. The lowest BCUT2D eigenvalue weighted by atomic mass is 10.1. The largest absolute Gasteiger partial charge is 0.345 e. The Morgan fingerprint density at radius 1 is 1.00 bits per heavy atom. The molecule has 3 aromatic rings. The summed E-state index contributed by atoms with van der Waals surface area (Å²) in [6.07, 6.45) is 0. The summed E-state index contributed by atoms with van der Waals surface area (Å²) in [5.74, 6) is -0.224. The molecule has 144 valence electrons. The third-order valence-electron chi connectivity index (χ3n) is 4.37. The van der Waals surface area contributed by atoms with E-state index in [0.29, 0.717) is 5.82 Å². The summed E-state index contributed by atoms with van der Waals surface area (Å²) in [6, 6.07) is 13.4. The van der Waals surface area contributed by atoms with Crippen LogP contribution in [-0.4, -0.2) is 38.6 Å². The van der Waals surface area contributed by atoms with E-state index >= 15 is 0 Å². The van der Waals surface area contributed by atoms with Gasteiger partial charge in [-0.2, -0.15) is 4.80 Å². The fourth-order valence-corrected chi connectivity index (χ4v) is 2.57. The molecule has 0 fully saturated rings. The average Bonchev–Trinajstić information content (AvgIpc) is 3.13. The molecule has 2 amide bonds. The summed E-state index contributed by atoms with van der Waals surface area (Å²) in [4.78, 5) is 25.3. The molecule has 2 aromatic carbocycles. The van der Waals surface area contributed by atoms with Crippen LogP contribution in [0.5, 0.6) is 0 Å². The van der Waals surface area contributed by atoms with Gasteiger partial charge in [0.05, 0.1) is 6.54 Å². The predicted molar refractivity (Wildman–Crippen MR) is 106 cm³/mol. The summed E-state index contributed by atoms with van der Waals surface area (Å²) >= 11 is 0. The van der Waals surface area contributed by atoms with Crippen molar-refractivity contribution in [3.8, 4) is 11.4 Å². The second-order valence-electron chi connectivity index (χ2n) is 6.58. The van der Waals surface area contributed by atoms with Crippen molar-refractivity contribution < 1.29 is 9.59 Å². The fraction of sp³-hybridized carbons (Fsp3) is 0.250. The number of rotatable bonds is 6. The number of benzene rings is 2. The van der Waals surface area contributed by atoms with Crippen LogP contribution in [0.1, 0.15) is 16.7 Å². The SMILES string of the molecule is Cc1ccc(-c2nnn(CC(=O)NCC(=O)Nc3cccc(C)c3C)n2)cc1. The van der Waals surface area contributed by atoms with Crippen LogP contribution >= 0.6 is 0 Å². The lowest BCUT2D eigenvalue weighted by Crippen LogP contribution is -2.35. The Morgan fingerprint density at radius 3 is 2.50 bits per heavy atom. The number of tetrazole rings is 1. The number of nitrogens with one attached hydrogen (secondary N) is 2. The van der Waals surface area contributed by atoms with Crippen molar-refractivity contribution in [1.29, 1.82) is 0 Å². The molecule has 0 aliphatic rings. The quantitative estimate of drug-likeness (QED) is 0.683. The second kappa shape index (κ2) is 8.43. The van der Waals surface area contributed by atoms with E-state index in [4.69, 9.17) is 0 Å². The minimum Gasteiger partial charge on any atom is -0.345 e. The number of amides is 2. The Hall–Kier alpha value is -3.55. The molecule has 0 saturated carbocycles. The first-order valence-corrected chi connectivity index (χ1v) is 8.90. The first-order chi connectivity index (χ1) is 13.4.